The van der Waals surface area contributed by atoms with Crippen molar-refractivity contribution in [1.82, 2.24) is 0 Å². The Hall–Kier alpha value is -0.900. The molecule has 0 fully saturated rings. The highest BCUT2D eigenvalue weighted by Crippen LogP contribution is 2.36. The molecule has 0 saturated heterocycles. The second-order valence-corrected chi connectivity index (χ2v) is 3.96. The van der Waals surface area contributed by atoms with Gasteiger partial charge in [-0.2, -0.15) is 13.2 Å². The molecular formula is C10H9ClF3N. The number of hydrogen-bond acceptors (Lipinski definition) is 1. The van der Waals surface area contributed by atoms with Crippen molar-refractivity contribution in [2.75, 3.05) is 5.32 Å². The Labute approximate surface area is 90.2 Å². The van der Waals surface area contributed by atoms with Crippen LogP contribution in [0.3, 0.4) is 0 Å². The van der Waals surface area contributed by atoms with E-state index in [4.69, 9.17) is 11.6 Å². The van der Waals surface area contributed by atoms with Gasteiger partial charge in [0.15, 0.2) is 0 Å². The molecule has 1 nitrogen and oxygen atoms in total. The Bertz CT molecular complexity index is 375. The number of anilines is 1. The summed E-state index contributed by atoms with van der Waals surface area (Å²) >= 11 is 5.83. The summed E-state index contributed by atoms with van der Waals surface area (Å²) in [6, 6.07) is 3.65. The van der Waals surface area contributed by atoms with Gasteiger partial charge in [0.05, 0.1) is 10.7 Å². The Morgan fingerprint density at radius 1 is 1.33 bits per heavy atom. The molecule has 0 radical (unpaired) electrons. The van der Waals surface area contributed by atoms with Crippen LogP contribution >= 0.6 is 11.6 Å². The van der Waals surface area contributed by atoms with Gasteiger partial charge in [-0.05, 0) is 24.5 Å². The van der Waals surface area contributed by atoms with Crippen molar-refractivity contribution < 1.29 is 13.2 Å². The molecule has 1 aliphatic heterocycles. The Kier molecular flexibility index (Phi) is 2.54. The highest BCUT2D eigenvalue weighted by Gasteiger charge is 2.41. The fourth-order valence-corrected chi connectivity index (χ4v) is 1.98. The van der Waals surface area contributed by atoms with E-state index in [1.54, 1.807) is 18.2 Å². The quantitative estimate of drug-likeness (QED) is 0.724. The third kappa shape index (κ3) is 2.04. The smallest absolute Gasteiger partial charge is 0.373 e. The molecule has 0 spiro atoms. The van der Waals surface area contributed by atoms with E-state index in [1.165, 1.54) is 0 Å². The summed E-state index contributed by atoms with van der Waals surface area (Å²) in [5.41, 5.74) is 1.27. The highest BCUT2D eigenvalue weighted by molar-refractivity contribution is 6.33. The van der Waals surface area contributed by atoms with Gasteiger partial charge in [-0.25, -0.2) is 0 Å². The standard InChI is InChI=1S/C10H9ClF3N/c11-7-3-1-2-6-4-5-8(10(12,13)14)15-9(6)7/h1-3,8,15H,4-5H2. The van der Waals surface area contributed by atoms with Crippen molar-refractivity contribution in [3.63, 3.8) is 0 Å². The number of halogens is 4. The number of alkyl halides is 3. The molecule has 1 unspecified atom stereocenters. The number of aryl methyl sites for hydroxylation is 1. The predicted molar refractivity (Wildman–Crippen MR) is 53.2 cm³/mol. The van der Waals surface area contributed by atoms with E-state index in [0.29, 0.717) is 17.1 Å². The Morgan fingerprint density at radius 2 is 2.07 bits per heavy atom. The molecule has 1 N–H and O–H groups in total. The summed E-state index contributed by atoms with van der Waals surface area (Å²) in [6.45, 7) is 0. The highest BCUT2D eigenvalue weighted by atomic mass is 35.5. The van der Waals surface area contributed by atoms with Crippen molar-refractivity contribution in [2.24, 2.45) is 0 Å². The van der Waals surface area contributed by atoms with Crippen molar-refractivity contribution in [1.29, 1.82) is 0 Å². The van der Waals surface area contributed by atoms with Crippen LogP contribution in [0, 0.1) is 0 Å². The average Bonchev–Trinajstić information content (AvgIpc) is 2.16. The lowest BCUT2D eigenvalue weighted by Gasteiger charge is -2.29. The molecule has 5 heteroatoms. The van der Waals surface area contributed by atoms with Crippen LogP contribution in [0.25, 0.3) is 0 Å². The lowest BCUT2D eigenvalue weighted by molar-refractivity contribution is -0.144. The first-order chi connectivity index (χ1) is 6.98. The Balaban J connectivity index is 2.30. The molecule has 1 aliphatic rings. The van der Waals surface area contributed by atoms with Gasteiger partial charge in [-0.15, -0.1) is 0 Å². The van der Waals surface area contributed by atoms with Crippen LogP contribution in [0.15, 0.2) is 18.2 Å². The minimum atomic E-state index is -4.21. The zero-order chi connectivity index (χ0) is 11.1. The van der Waals surface area contributed by atoms with Gasteiger partial charge in [0.1, 0.15) is 6.04 Å². The van der Waals surface area contributed by atoms with Crippen LogP contribution < -0.4 is 5.32 Å². The predicted octanol–water partition coefficient (Wildman–Crippen LogP) is 3.63. The van der Waals surface area contributed by atoms with Crippen LogP contribution in [-0.4, -0.2) is 12.2 Å². The summed E-state index contributed by atoms with van der Waals surface area (Å²) in [5.74, 6) is 0. The molecule has 1 atom stereocenters. The summed E-state index contributed by atoms with van der Waals surface area (Å²) < 4.78 is 37.4. The van der Waals surface area contributed by atoms with Gasteiger partial charge < -0.3 is 5.32 Å². The van der Waals surface area contributed by atoms with Crippen LogP contribution in [0.4, 0.5) is 18.9 Å². The molecule has 15 heavy (non-hydrogen) atoms. The SMILES string of the molecule is FC(F)(F)C1CCc2cccc(Cl)c2N1. The monoisotopic (exact) mass is 235 g/mol. The minimum absolute atomic E-state index is 0.0663. The molecular weight excluding hydrogens is 227 g/mol. The van der Waals surface area contributed by atoms with Crippen LogP contribution in [0.2, 0.25) is 5.02 Å². The number of hydrogen-bond donors (Lipinski definition) is 1. The van der Waals surface area contributed by atoms with E-state index in [2.05, 4.69) is 5.32 Å². The maximum atomic E-state index is 12.5. The summed E-state index contributed by atoms with van der Waals surface area (Å²) in [6.07, 6.45) is -3.74. The molecule has 2 rings (SSSR count). The van der Waals surface area contributed by atoms with Gasteiger partial charge in [-0.1, -0.05) is 23.7 Å². The third-order valence-corrected chi connectivity index (χ3v) is 2.83. The largest absolute Gasteiger partial charge is 0.408 e. The van der Waals surface area contributed by atoms with E-state index in [1.807, 2.05) is 0 Å². The van der Waals surface area contributed by atoms with Crippen LogP contribution in [-0.2, 0) is 6.42 Å². The van der Waals surface area contributed by atoms with Crippen molar-refractivity contribution >= 4 is 17.3 Å². The fraction of sp³-hybridized carbons (Fsp3) is 0.400. The summed E-state index contributed by atoms with van der Waals surface area (Å²) in [7, 11) is 0. The number of nitrogens with one attached hydrogen (secondary N) is 1. The zero-order valence-electron chi connectivity index (χ0n) is 7.74. The maximum absolute atomic E-state index is 12.5. The van der Waals surface area contributed by atoms with E-state index in [9.17, 15) is 13.2 Å². The number of para-hydroxylation sites is 1. The zero-order valence-corrected chi connectivity index (χ0v) is 8.49. The molecule has 0 amide bonds. The maximum Gasteiger partial charge on any atom is 0.408 e. The van der Waals surface area contributed by atoms with Crippen molar-refractivity contribution in [3.05, 3.63) is 28.8 Å². The van der Waals surface area contributed by atoms with E-state index < -0.39 is 12.2 Å². The van der Waals surface area contributed by atoms with E-state index >= 15 is 0 Å². The first-order valence-electron chi connectivity index (χ1n) is 4.59. The lowest BCUT2D eigenvalue weighted by atomic mass is 9.98. The first kappa shape index (κ1) is 10.6. The van der Waals surface area contributed by atoms with Gasteiger partial charge in [-0.3, -0.25) is 0 Å². The molecule has 1 aromatic rings. The first-order valence-corrected chi connectivity index (χ1v) is 4.97. The molecule has 1 aromatic carbocycles. The third-order valence-electron chi connectivity index (χ3n) is 2.52. The normalized spacial score (nSPS) is 20.7. The molecule has 0 bridgehead atoms. The molecule has 0 saturated carbocycles. The Morgan fingerprint density at radius 3 is 2.73 bits per heavy atom. The molecule has 1 heterocycles. The van der Waals surface area contributed by atoms with Crippen LogP contribution in [0.5, 0.6) is 0 Å². The molecule has 82 valence electrons. The van der Waals surface area contributed by atoms with Gasteiger partial charge in [0.25, 0.3) is 0 Å². The van der Waals surface area contributed by atoms with Gasteiger partial charge in [0, 0.05) is 0 Å². The number of fused-ring (bicyclic) bond motifs is 1. The lowest BCUT2D eigenvalue weighted by Crippen LogP contribution is -2.39. The summed E-state index contributed by atoms with van der Waals surface area (Å²) in [4.78, 5) is 0. The molecule has 0 aromatic heterocycles. The summed E-state index contributed by atoms with van der Waals surface area (Å²) in [5, 5.41) is 2.80. The van der Waals surface area contributed by atoms with Crippen molar-refractivity contribution in [3.8, 4) is 0 Å². The number of rotatable bonds is 0. The second-order valence-electron chi connectivity index (χ2n) is 3.55. The van der Waals surface area contributed by atoms with Gasteiger partial charge in [0.2, 0.25) is 0 Å². The van der Waals surface area contributed by atoms with Crippen LogP contribution in [0.1, 0.15) is 12.0 Å². The van der Waals surface area contributed by atoms with E-state index in [0.717, 1.165) is 5.56 Å². The van der Waals surface area contributed by atoms with E-state index in [-0.39, 0.29) is 6.42 Å². The second kappa shape index (κ2) is 3.59. The molecule has 0 aliphatic carbocycles. The topological polar surface area (TPSA) is 12.0 Å². The fourth-order valence-electron chi connectivity index (χ4n) is 1.73. The number of benzene rings is 1. The van der Waals surface area contributed by atoms with Gasteiger partial charge >= 0.3 is 6.18 Å². The average molecular weight is 236 g/mol. The minimum Gasteiger partial charge on any atom is -0.373 e. The van der Waals surface area contributed by atoms with Crippen molar-refractivity contribution in [2.45, 2.75) is 25.1 Å².